The van der Waals surface area contributed by atoms with Gasteiger partial charge < -0.3 is 8.85 Å². The number of rotatable bonds is 10. The molecule has 1 aromatic carbocycles. The lowest BCUT2D eigenvalue weighted by atomic mass is 9.83. The van der Waals surface area contributed by atoms with E-state index in [2.05, 4.69) is 109 Å². The molecule has 0 fully saturated rings. The van der Waals surface area contributed by atoms with Crippen molar-refractivity contribution in [1.82, 2.24) is 0 Å². The van der Waals surface area contributed by atoms with Gasteiger partial charge in [0, 0.05) is 5.41 Å². The van der Waals surface area contributed by atoms with Crippen LogP contribution >= 0.6 is 15.9 Å². The number of benzene rings is 1. The fraction of sp³-hybridized carbons (Fsp3) is 0.667. The summed E-state index contributed by atoms with van der Waals surface area (Å²) in [6.07, 6.45) is 1.98. The van der Waals surface area contributed by atoms with Crippen LogP contribution in [0.5, 0.6) is 5.75 Å². The van der Waals surface area contributed by atoms with Crippen LogP contribution in [-0.2, 0) is 4.43 Å². The normalized spacial score (nSPS) is 14.6. The second kappa shape index (κ2) is 9.84. The molecule has 1 atom stereocenters. The third kappa shape index (κ3) is 6.08. The molecule has 5 heteroatoms. The van der Waals surface area contributed by atoms with E-state index < -0.39 is 16.6 Å². The van der Waals surface area contributed by atoms with Crippen molar-refractivity contribution in [3.63, 3.8) is 0 Å². The van der Waals surface area contributed by atoms with E-state index in [1.54, 1.807) is 0 Å². The van der Waals surface area contributed by atoms with Gasteiger partial charge in [-0.15, -0.1) is 6.58 Å². The maximum absolute atomic E-state index is 7.05. The molecule has 0 bridgehead atoms. The van der Waals surface area contributed by atoms with E-state index in [1.165, 1.54) is 5.56 Å². The Morgan fingerprint density at radius 2 is 1.55 bits per heavy atom. The molecule has 0 radical (unpaired) electrons. The first-order valence-corrected chi connectivity index (χ1v) is 17.2. The first-order valence-electron chi connectivity index (χ1n) is 11.0. The molecule has 0 heterocycles. The third-order valence-corrected chi connectivity index (χ3v) is 16.7. The molecule has 0 saturated carbocycles. The summed E-state index contributed by atoms with van der Waals surface area (Å²) < 4.78 is 14.7. The fourth-order valence-electron chi connectivity index (χ4n) is 3.21. The maximum Gasteiger partial charge on any atom is 0.250 e. The molecule has 0 saturated heterocycles. The fourth-order valence-corrected chi connectivity index (χ4v) is 7.87. The van der Waals surface area contributed by atoms with Crippen LogP contribution in [0.2, 0.25) is 36.3 Å². The van der Waals surface area contributed by atoms with E-state index in [0.717, 1.165) is 28.4 Å². The zero-order chi connectivity index (χ0) is 22.7. The van der Waals surface area contributed by atoms with Crippen LogP contribution in [0.3, 0.4) is 0 Å². The van der Waals surface area contributed by atoms with Crippen LogP contribution in [-0.4, -0.2) is 16.6 Å². The molecule has 1 aromatic rings. The van der Waals surface area contributed by atoms with Gasteiger partial charge in [0.15, 0.2) is 8.32 Å². The molecule has 0 spiro atoms. The molecule has 0 amide bonds. The van der Waals surface area contributed by atoms with Crippen molar-refractivity contribution in [2.24, 2.45) is 5.41 Å². The highest BCUT2D eigenvalue weighted by Gasteiger charge is 2.41. The molecule has 166 valence electrons. The second-order valence-corrected chi connectivity index (χ2v) is 20.5. The van der Waals surface area contributed by atoms with Crippen molar-refractivity contribution in [1.29, 1.82) is 0 Å². The van der Waals surface area contributed by atoms with E-state index in [9.17, 15) is 0 Å². The summed E-state index contributed by atoms with van der Waals surface area (Å²) in [4.78, 5) is 0. The van der Waals surface area contributed by atoms with Crippen molar-refractivity contribution in [3.05, 3.63) is 40.9 Å². The molecule has 0 aliphatic heterocycles. The Kier molecular flexibility index (Phi) is 9.05. The lowest BCUT2D eigenvalue weighted by molar-refractivity contribution is 0.0944. The number of halogens is 1. The Bertz CT molecular complexity index is 680. The summed E-state index contributed by atoms with van der Waals surface area (Å²) in [5, 5.41) is 0.146. The average molecular weight is 500 g/mol. The SMILES string of the molecule is C=CC(C)(C)[C@H](O[Si](CC)(CC)CC)c1cccc(O[Si](C)(C)C(C)(C)C)c1Br. The lowest BCUT2D eigenvalue weighted by Crippen LogP contribution is -2.44. The van der Waals surface area contributed by atoms with Gasteiger partial charge in [-0.3, -0.25) is 0 Å². The average Bonchev–Trinajstić information content (AvgIpc) is 2.64. The Morgan fingerprint density at radius 3 is 1.97 bits per heavy atom. The van der Waals surface area contributed by atoms with Crippen molar-refractivity contribution in [3.8, 4) is 5.75 Å². The number of hydrogen-bond donors (Lipinski definition) is 0. The Labute approximate surface area is 190 Å². The molecule has 0 aliphatic carbocycles. The molecule has 2 nitrogen and oxygen atoms in total. The maximum atomic E-state index is 7.05. The van der Waals surface area contributed by atoms with Crippen molar-refractivity contribution < 1.29 is 8.85 Å². The van der Waals surface area contributed by atoms with Crippen LogP contribution in [0.25, 0.3) is 0 Å². The summed E-state index contributed by atoms with van der Waals surface area (Å²) in [5.41, 5.74) is 0.980. The topological polar surface area (TPSA) is 18.5 Å². The summed E-state index contributed by atoms with van der Waals surface area (Å²) in [5.74, 6) is 0.930. The van der Waals surface area contributed by atoms with E-state index in [0.29, 0.717) is 0 Å². The van der Waals surface area contributed by atoms with Crippen LogP contribution < -0.4 is 4.43 Å². The van der Waals surface area contributed by atoms with Gasteiger partial charge in [-0.05, 0) is 63.8 Å². The molecule has 0 aromatic heterocycles. The van der Waals surface area contributed by atoms with Gasteiger partial charge in [-0.1, -0.05) is 73.6 Å². The summed E-state index contributed by atoms with van der Waals surface area (Å²) in [6, 6.07) is 9.74. The zero-order valence-electron chi connectivity index (χ0n) is 20.4. The predicted molar refractivity (Wildman–Crippen MR) is 137 cm³/mol. The first-order chi connectivity index (χ1) is 13.2. The predicted octanol–water partition coefficient (Wildman–Crippen LogP) is 9.11. The van der Waals surface area contributed by atoms with Crippen LogP contribution in [0.4, 0.5) is 0 Å². The minimum Gasteiger partial charge on any atom is -0.543 e. The van der Waals surface area contributed by atoms with Crippen molar-refractivity contribution in [2.75, 3.05) is 0 Å². The van der Waals surface area contributed by atoms with Gasteiger partial charge in [0.1, 0.15) is 5.75 Å². The van der Waals surface area contributed by atoms with E-state index >= 15 is 0 Å². The highest BCUT2D eigenvalue weighted by Crippen LogP contribution is 2.47. The van der Waals surface area contributed by atoms with Gasteiger partial charge in [0.05, 0.1) is 10.6 Å². The Hall–Kier alpha value is -0.366. The van der Waals surface area contributed by atoms with Crippen LogP contribution in [0.15, 0.2) is 35.3 Å². The van der Waals surface area contributed by atoms with Gasteiger partial charge in [0.2, 0.25) is 0 Å². The Balaban J connectivity index is 3.50. The van der Waals surface area contributed by atoms with Crippen molar-refractivity contribution in [2.45, 2.75) is 97.8 Å². The highest BCUT2D eigenvalue weighted by atomic mass is 79.9. The Morgan fingerprint density at radius 1 is 1.03 bits per heavy atom. The molecular weight excluding hydrogens is 456 g/mol. The minimum atomic E-state index is -1.94. The summed E-state index contributed by atoms with van der Waals surface area (Å²) >= 11 is 3.89. The quantitative estimate of drug-likeness (QED) is 0.236. The lowest BCUT2D eigenvalue weighted by Gasteiger charge is -2.41. The van der Waals surface area contributed by atoms with E-state index in [-0.39, 0.29) is 16.6 Å². The summed E-state index contributed by atoms with van der Waals surface area (Å²) in [6.45, 7) is 26.8. The van der Waals surface area contributed by atoms with E-state index in [4.69, 9.17) is 8.85 Å². The number of hydrogen-bond acceptors (Lipinski definition) is 2. The van der Waals surface area contributed by atoms with Gasteiger partial charge in [-0.2, -0.15) is 0 Å². The molecular formula is C24H43BrO2Si2. The van der Waals surface area contributed by atoms with Gasteiger partial charge in [0.25, 0.3) is 8.32 Å². The van der Waals surface area contributed by atoms with Gasteiger partial charge >= 0.3 is 0 Å². The second-order valence-electron chi connectivity index (χ2n) is 10.3. The third-order valence-electron chi connectivity index (χ3n) is 6.95. The minimum absolute atomic E-state index is 0.0520. The molecule has 1 rings (SSSR count). The summed E-state index contributed by atoms with van der Waals surface area (Å²) in [7, 11) is -3.75. The zero-order valence-corrected chi connectivity index (χ0v) is 24.0. The molecule has 0 unspecified atom stereocenters. The first kappa shape index (κ1) is 26.7. The monoisotopic (exact) mass is 498 g/mol. The highest BCUT2D eigenvalue weighted by molar-refractivity contribution is 9.10. The standard InChI is InChI=1S/C24H43BrO2Si2/c1-12-24(8,9)22(27-29(13-2,14-3)15-4)19-17-16-18-20(21(19)25)26-28(10,11)23(5,6)7/h12,16-18,22H,1,13-15H2,2-11H3/t22-/m1/s1. The molecule has 0 N–H and O–H groups in total. The van der Waals surface area contributed by atoms with Gasteiger partial charge in [-0.25, -0.2) is 0 Å². The van der Waals surface area contributed by atoms with Crippen LogP contribution in [0, 0.1) is 5.41 Å². The molecule has 29 heavy (non-hydrogen) atoms. The van der Waals surface area contributed by atoms with E-state index in [1.807, 2.05) is 6.08 Å². The van der Waals surface area contributed by atoms with Crippen LogP contribution in [0.1, 0.15) is 67.1 Å². The smallest absolute Gasteiger partial charge is 0.250 e. The largest absolute Gasteiger partial charge is 0.543 e. The van der Waals surface area contributed by atoms with Crippen molar-refractivity contribution >= 4 is 32.6 Å². The molecule has 0 aliphatic rings.